The average Bonchev–Trinajstić information content (AvgIpc) is 2.59. The first kappa shape index (κ1) is 10.1. The second-order valence-corrected chi connectivity index (χ2v) is 4.42. The molecule has 0 fully saturated rings. The van der Waals surface area contributed by atoms with E-state index in [0.717, 1.165) is 0 Å². The van der Waals surface area contributed by atoms with Crippen molar-refractivity contribution in [2.75, 3.05) is 19.0 Å². The number of rotatable bonds is 2. The van der Waals surface area contributed by atoms with Gasteiger partial charge >= 0.3 is 0 Å². The second kappa shape index (κ2) is 3.61. The molecule has 0 aliphatic carbocycles. The number of benzene rings is 1. The van der Waals surface area contributed by atoms with Crippen molar-refractivity contribution in [3.05, 3.63) is 30.5 Å². The van der Waals surface area contributed by atoms with Crippen LogP contribution in [0.1, 0.15) is 19.9 Å². The Kier molecular flexibility index (Phi) is 2.43. The first-order valence-electron chi connectivity index (χ1n) is 5.38. The number of hydrogen-bond donors (Lipinski definition) is 0. The van der Waals surface area contributed by atoms with Gasteiger partial charge in [-0.15, -0.1) is 0 Å². The summed E-state index contributed by atoms with van der Waals surface area (Å²) in [5, 5.41) is 1.33. The van der Waals surface area contributed by atoms with Crippen molar-refractivity contribution in [2.45, 2.75) is 19.9 Å². The van der Waals surface area contributed by atoms with Crippen molar-refractivity contribution in [3.63, 3.8) is 0 Å². The Morgan fingerprint density at radius 3 is 2.47 bits per heavy atom. The van der Waals surface area contributed by atoms with E-state index < -0.39 is 0 Å². The Labute approximate surface area is 91.1 Å². The fourth-order valence-corrected chi connectivity index (χ4v) is 2.01. The molecule has 0 unspecified atom stereocenters. The molecule has 0 radical (unpaired) electrons. The lowest BCUT2D eigenvalue weighted by molar-refractivity contribution is 0.623. The molecule has 2 aromatic rings. The minimum Gasteiger partial charge on any atom is -0.377 e. The summed E-state index contributed by atoms with van der Waals surface area (Å²) in [6.45, 7) is 4.42. The summed E-state index contributed by atoms with van der Waals surface area (Å²) in [6.07, 6.45) is 2.17. The Morgan fingerprint density at radius 1 is 1.13 bits per heavy atom. The van der Waals surface area contributed by atoms with Crippen LogP contribution < -0.4 is 4.90 Å². The maximum Gasteiger partial charge on any atom is 0.0503 e. The fraction of sp³-hybridized carbons (Fsp3) is 0.385. The molecule has 0 bridgehead atoms. The number of aromatic nitrogens is 1. The largest absolute Gasteiger partial charge is 0.377 e. The minimum absolute atomic E-state index is 0.514. The van der Waals surface area contributed by atoms with Crippen molar-refractivity contribution in [1.29, 1.82) is 0 Å². The highest BCUT2D eigenvalue weighted by Gasteiger charge is 2.07. The molecule has 0 amide bonds. The van der Waals surface area contributed by atoms with Gasteiger partial charge in [-0.2, -0.15) is 0 Å². The second-order valence-electron chi connectivity index (χ2n) is 4.42. The van der Waals surface area contributed by atoms with E-state index >= 15 is 0 Å². The molecule has 80 valence electrons. The van der Waals surface area contributed by atoms with Gasteiger partial charge in [-0.3, -0.25) is 0 Å². The zero-order valence-electron chi connectivity index (χ0n) is 9.86. The smallest absolute Gasteiger partial charge is 0.0503 e. The van der Waals surface area contributed by atoms with Crippen molar-refractivity contribution >= 4 is 16.6 Å². The predicted octanol–water partition coefficient (Wildman–Crippen LogP) is 3.29. The predicted molar refractivity (Wildman–Crippen MR) is 66.7 cm³/mol. The lowest BCUT2D eigenvalue weighted by Crippen LogP contribution is -2.08. The standard InChI is InChI=1S/C13H18N2/c1-10(2)15-9-8-11-12(14(3)4)6-5-7-13(11)15/h5-10H,1-4H3. The summed E-state index contributed by atoms with van der Waals surface area (Å²) >= 11 is 0. The third kappa shape index (κ3) is 1.60. The quantitative estimate of drug-likeness (QED) is 0.725. The van der Waals surface area contributed by atoms with Crippen molar-refractivity contribution in [2.24, 2.45) is 0 Å². The van der Waals surface area contributed by atoms with Gasteiger partial charge in [0.05, 0.1) is 5.52 Å². The van der Waals surface area contributed by atoms with E-state index in [4.69, 9.17) is 0 Å². The van der Waals surface area contributed by atoms with Crippen molar-refractivity contribution in [1.82, 2.24) is 4.57 Å². The first-order chi connectivity index (χ1) is 7.11. The molecule has 0 N–H and O–H groups in total. The summed E-state index contributed by atoms with van der Waals surface area (Å²) < 4.78 is 2.31. The van der Waals surface area contributed by atoms with E-state index in [2.05, 4.69) is 67.9 Å². The summed E-state index contributed by atoms with van der Waals surface area (Å²) in [5.74, 6) is 0. The molecule has 0 spiro atoms. The summed E-state index contributed by atoms with van der Waals surface area (Å²) in [6, 6.07) is 9.18. The van der Waals surface area contributed by atoms with Gasteiger partial charge in [0.25, 0.3) is 0 Å². The summed E-state index contributed by atoms with van der Waals surface area (Å²) in [7, 11) is 4.17. The van der Waals surface area contributed by atoms with Crippen LogP contribution in [0.25, 0.3) is 10.9 Å². The lowest BCUT2D eigenvalue weighted by Gasteiger charge is -2.15. The van der Waals surface area contributed by atoms with Gasteiger partial charge in [0.2, 0.25) is 0 Å². The topological polar surface area (TPSA) is 8.17 Å². The number of nitrogens with zero attached hydrogens (tertiary/aromatic N) is 2. The number of hydrogen-bond acceptors (Lipinski definition) is 1. The van der Waals surface area contributed by atoms with Gasteiger partial charge in [-0.1, -0.05) is 6.07 Å². The van der Waals surface area contributed by atoms with E-state index in [9.17, 15) is 0 Å². The van der Waals surface area contributed by atoms with Crippen LogP contribution in [0.2, 0.25) is 0 Å². The highest BCUT2D eigenvalue weighted by molar-refractivity contribution is 5.92. The van der Waals surface area contributed by atoms with E-state index in [-0.39, 0.29) is 0 Å². The Morgan fingerprint density at radius 2 is 1.87 bits per heavy atom. The van der Waals surface area contributed by atoms with Crippen molar-refractivity contribution < 1.29 is 0 Å². The molecule has 0 saturated heterocycles. The highest BCUT2D eigenvalue weighted by Crippen LogP contribution is 2.28. The molecule has 0 atom stereocenters. The lowest BCUT2D eigenvalue weighted by atomic mass is 10.2. The molecular formula is C13H18N2. The normalized spacial score (nSPS) is 11.3. The highest BCUT2D eigenvalue weighted by atomic mass is 15.1. The van der Waals surface area contributed by atoms with Crippen LogP contribution in [0.15, 0.2) is 30.5 Å². The number of fused-ring (bicyclic) bond motifs is 1. The Bertz CT molecular complexity index is 466. The molecule has 1 aromatic carbocycles. The van der Waals surface area contributed by atoms with E-state index in [0.29, 0.717) is 6.04 Å². The SMILES string of the molecule is CC(C)n1ccc2c(N(C)C)cccc21. The Hall–Kier alpha value is -1.44. The molecule has 0 saturated carbocycles. The van der Waals surface area contributed by atoms with Gasteiger partial charge in [0, 0.05) is 37.4 Å². The van der Waals surface area contributed by atoms with Gasteiger partial charge in [-0.25, -0.2) is 0 Å². The molecule has 2 rings (SSSR count). The van der Waals surface area contributed by atoms with Crippen LogP contribution in [-0.2, 0) is 0 Å². The fourth-order valence-electron chi connectivity index (χ4n) is 2.01. The average molecular weight is 202 g/mol. The van der Waals surface area contributed by atoms with Gasteiger partial charge < -0.3 is 9.47 Å². The summed E-state index contributed by atoms with van der Waals surface area (Å²) in [4.78, 5) is 2.16. The molecule has 1 heterocycles. The zero-order valence-corrected chi connectivity index (χ0v) is 9.86. The van der Waals surface area contributed by atoms with Crippen LogP contribution in [0.4, 0.5) is 5.69 Å². The van der Waals surface area contributed by atoms with Crippen LogP contribution in [0, 0.1) is 0 Å². The van der Waals surface area contributed by atoms with Crippen LogP contribution in [0.5, 0.6) is 0 Å². The van der Waals surface area contributed by atoms with E-state index in [1.807, 2.05) is 0 Å². The minimum atomic E-state index is 0.514. The molecule has 15 heavy (non-hydrogen) atoms. The van der Waals surface area contributed by atoms with Crippen LogP contribution in [-0.4, -0.2) is 18.7 Å². The molecule has 1 aromatic heterocycles. The molecule has 0 aliphatic heterocycles. The van der Waals surface area contributed by atoms with Gasteiger partial charge in [-0.05, 0) is 32.0 Å². The van der Waals surface area contributed by atoms with Gasteiger partial charge in [0.1, 0.15) is 0 Å². The van der Waals surface area contributed by atoms with Crippen LogP contribution >= 0.6 is 0 Å². The molecule has 2 heteroatoms. The van der Waals surface area contributed by atoms with Gasteiger partial charge in [0.15, 0.2) is 0 Å². The number of anilines is 1. The maximum atomic E-state index is 2.31. The van der Waals surface area contributed by atoms with E-state index in [1.54, 1.807) is 0 Å². The van der Waals surface area contributed by atoms with E-state index in [1.165, 1.54) is 16.6 Å². The molecular weight excluding hydrogens is 184 g/mol. The van der Waals surface area contributed by atoms with Crippen molar-refractivity contribution in [3.8, 4) is 0 Å². The molecule has 2 nitrogen and oxygen atoms in total. The monoisotopic (exact) mass is 202 g/mol. The maximum absolute atomic E-state index is 2.31. The Balaban J connectivity index is 2.69. The first-order valence-corrected chi connectivity index (χ1v) is 5.38. The zero-order chi connectivity index (χ0) is 11.0. The third-order valence-corrected chi connectivity index (χ3v) is 2.78. The summed E-state index contributed by atoms with van der Waals surface area (Å²) in [5.41, 5.74) is 2.60. The molecule has 0 aliphatic rings. The van der Waals surface area contributed by atoms with Crippen LogP contribution in [0.3, 0.4) is 0 Å². The third-order valence-electron chi connectivity index (χ3n) is 2.78.